The van der Waals surface area contributed by atoms with Gasteiger partial charge in [-0.1, -0.05) is 60.2 Å². The van der Waals surface area contributed by atoms with E-state index in [4.69, 9.17) is 0 Å². The second-order valence-corrected chi connectivity index (χ2v) is 9.02. The minimum Gasteiger partial charge on any atom is -0.321 e. The van der Waals surface area contributed by atoms with E-state index < -0.39 is 5.91 Å². The van der Waals surface area contributed by atoms with Crippen LogP contribution in [0.5, 0.6) is 0 Å². The molecule has 0 fully saturated rings. The summed E-state index contributed by atoms with van der Waals surface area (Å²) in [6, 6.07) is 26.9. The first kappa shape index (κ1) is 24.6. The maximum absolute atomic E-state index is 13.0. The number of benzene rings is 3. The standard InChI is InChI=1S/C30H24N2O3S/c1-21-7-5-8-22(19-21)12-17-28(33)23-13-15-25(16-14-23)31-30(35)27(20-26-11-6-18-36-26)32-29(34)24-9-3-2-4-10-24/h2-20H,1H3,(H,31,35)(H,32,34)/b17-12+,27-20-. The Balaban J connectivity index is 1.45. The molecule has 0 radical (unpaired) electrons. The molecule has 178 valence electrons. The van der Waals surface area contributed by atoms with Gasteiger partial charge in [0.25, 0.3) is 11.8 Å². The van der Waals surface area contributed by atoms with Gasteiger partial charge in [-0.25, -0.2) is 0 Å². The van der Waals surface area contributed by atoms with E-state index in [1.54, 1.807) is 60.7 Å². The van der Waals surface area contributed by atoms with Crippen molar-refractivity contribution in [3.05, 3.63) is 135 Å². The molecule has 1 aromatic heterocycles. The quantitative estimate of drug-likeness (QED) is 0.222. The SMILES string of the molecule is Cc1cccc(/C=C/C(=O)c2ccc(NC(=O)/C(=C/c3cccs3)NC(=O)c3ccccc3)cc2)c1. The first-order valence-electron chi connectivity index (χ1n) is 11.3. The van der Waals surface area contributed by atoms with Crippen molar-refractivity contribution < 1.29 is 14.4 Å². The normalized spacial score (nSPS) is 11.3. The van der Waals surface area contributed by atoms with Crippen LogP contribution < -0.4 is 10.6 Å². The van der Waals surface area contributed by atoms with E-state index in [-0.39, 0.29) is 17.4 Å². The number of hydrogen-bond acceptors (Lipinski definition) is 4. The Hall–Kier alpha value is -4.55. The second-order valence-electron chi connectivity index (χ2n) is 8.04. The Bertz CT molecular complexity index is 1420. The van der Waals surface area contributed by atoms with E-state index in [2.05, 4.69) is 10.6 Å². The number of anilines is 1. The molecule has 4 aromatic rings. The number of nitrogens with one attached hydrogen (secondary N) is 2. The fourth-order valence-electron chi connectivity index (χ4n) is 3.42. The fourth-order valence-corrected chi connectivity index (χ4v) is 4.07. The van der Waals surface area contributed by atoms with Crippen molar-refractivity contribution in [1.29, 1.82) is 0 Å². The van der Waals surface area contributed by atoms with E-state index >= 15 is 0 Å². The van der Waals surface area contributed by atoms with Gasteiger partial charge in [-0.05, 0) is 72.5 Å². The van der Waals surface area contributed by atoms with E-state index in [0.717, 1.165) is 16.0 Å². The van der Waals surface area contributed by atoms with Gasteiger partial charge < -0.3 is 10.6 Å². The molecular weight excluding hydrogens is 468 g/mol. The van der Waals surface area contributed by atoms with Gasteiger partial charge in [-0.15, -0.1) is 11.3 Å². The summed E-state index contributed by atoms with van der Waals surface area (Å²) in [5, 5.41) is 7.40. The third-order valence-electron chi connectivity index (χ3n) is 5.26. The van der Waals surface area contributed by atoms with Crippen LogP contribution >= 0.6 is 11.3 Å². The molecule has 2 N–H and O–H groups in total. The van der Waals surface area contributed by atoms with Gasteiger partial charge in [0.2, 0.25) is 0 Å². The van der Waals surface area contributed by atoms with Crippen LogP contribution in [-0.4, -0.2) is 17.6 Å². The predicted octanol–water partition coefficient (Wildman–Crippen LogP) is 6.36. The van der Waals surface area contributed by atoms with Crippen molar-refractivity contribution in [3.8, 4) is 0 Å². The number of carbonyl (C=O) groups excluding carboxylic acids is 3. The Morgan fingerprint density at radius 1 is 0.806 bits per heavy atom. The Morgan fingerprint density at radius 3 is 2.28 bits per heavy atom. The molecule has 0 aliphatic carbocycles. The highest BCUT2D eigenvalue weighted by molar-refractivity contribution is 7.10. The molecule has 5 nitrogen and oxygen atoms in total. The van der Waals surface area contributed by atoms with E-state index in [0.29, 0.717) is 16.8 Å². The third kappa shape index (κ3) is 6.74. The topological polar surface area (TPSA) is 75.3 Å². The summed E-state index contributed by atoms with van der Waals surface area (Å²) in [7, 11) is 0. The Kier molecular flexibility index (Phi) is 8.01. The minimum absolute atomic E-state index is 0.118. The summed E-state index contributed by atoms with van der Waals surface area (Å²) >= 11 is 1.46. The zero-order chi connectivity index (χ0) is 25.3. The van der Waals surface area contributed by atoms with Gasteiger partial charge in [0.05, 0.1) is 0 Å². The molecule has 3 aromatic carbocycles. The van der Waals surface area contributed by atoms with Crippen LogP contribution in [0.1, 0.15) is 36.7 Å². The smallest absolute Gasteiger partial charge is 0.272 e. The van der Waals surface area contributed by atoms with Gasteiger partial charge >= 0.3 is 0 Å². The lowest BCUT2D eigenvalue weighted by Crippen LogP contribution is -2.30. The molecule has 0 spiro atoms. The average molecular weight is 493 g/mol. The first-order chi connectivity index (χ1) is 17.5. The zero-order valence-corrected chi connectivity index (χ0v) is 20.4. The first-order valence-corrected chi connectivity index (χ1v) is 12.2. The molecule has 1 heterocycles. The van der Waals surface area contributed by atoms with Crippen LogP contribution in [-0.2, 0) is 4.79 Å². The van der Waals surface area contributed by atoms with Gasteiger partial charge in [0.1, 0.15) is 5.70 Å². The highest BCUT2D eigenvalue weighted by atomic mass is 32.1. The number of carbonyl (C=O) groups is 3. The number of ketones is 1. The lowest BCUT2D eigenvalue weighted by molar-refractivity contribution is -0.113. The van der Waals surface area contributed by atoms with Gasteiger partial charge in [-0.2, -0.15) is 0 Å². The minimum atomic E-state index is -0.467. The van der Waals surface area contributed by atoms with Crippen LogP contribution in [0, 0.1) is 6.92 Å². The average Bonchev–Trinajstić information content (AvgIpc) is 3.41. The lowest BCUT2D eigenvalue weighted by Gasteiger charge is -2.11. The number of hydrogen-bond donors (Lipinski definition) is 2. The van der Waals surface area contributed by atoms with Gasteiger partial charge in [0, 0.05) is 21.7 Å². The molecule has 0 aliphatic rings. The molecule has 4 rings (SSSR count). The maximum atomic E-state index is 13.0. The van der Waals surface area contributed by atoms with Crippen molar-refractivity contribution in [2.75, 3.05) is 5.32 Å². The fraction of sp³-hybridized carbons (Fsp3) is 0.0333. The molecule has 2 amide bonds. The molecule has 0 unspecified atom stereocenters. The van der Waals surface area contributed by atoms with E-state index in [1.165, 1.54) is 17.4 Å². The highest BCUT2D eigenvalue weighted by Gasteiger charge is 2.15. The number of rotatable bonds is 8. The molecule has 0 atom stereocenters. The molecular formula is C30H24N2O3S. The summed E-state index contributed by atoms with van der Waals surface area (Å²) in [4.78, 5) is 39.1. The number of allylic oxidation sites excluding steroid dienone is 1. The Labute approximate surface area is 213 Å². The Morgan fingerprint density at radius 2 is 1.58 bits per heavy atom. The van der Waals surface area contributed by atoms with Crippen molar-refractivity contribution in [1.82, 2.24) is 5.32 Å². The number of aryl methyl sites for hydroxylation is 1. The number of thiophene rings is 1. The van der Waals surface area contributed by atoms with Crippen molar-refractivity contribution in [2.45, 2.75) is 6.92 Å². The van der Waals surface area contributed by atoms with E-state index in [1.807, 2.05) is 54.8 Å². The van der Waals surface area contributed by atoms with Crippen LogP contribution in [0.2, 0.25) is 0 Å². The van der Waals surface area contributed by atoms with Gasteiger partial charge in [-0.3, -0.25) is 14.4 Å². The summed E-state index contributed by atoms with van der Waals surface area (Å²) in [5.41, 5.74) is 3.65. The molecule has 0 bridgehead atoms. The highest BCUT2D eigenvalue weighted by Crippen LogP contribution is 2.16. The summed E-state index contributed by atoms with van der Waals surface area (Å²) in [5.74, 6) is -0.983. The molecule has 0 saturated heterocycles. The largest absolute Gasteiger partial charge is 0.321 e. The van der Waals surface area contributed by atoms with Crippen LogP contribution in [0.4, 0.5) is 5.69 Å². The second kappa shape index (κ2) is 11.7. The molecule has 36 heavy (non-hydrogen) atoms. The summed E-state index contributed by atoms with van der Waals surface area (Å²) in [6.45, 7) is 2.00. The van der Waals surface area contributed by atoms with Crippen LogP contribution in [0.15, 0.2) is 108 Å². The zero-order valence-electron chi connectivity index (χ0n) is 19.6. The van der Waals surface area contributed by atoms with Crippen LogP contribution in [0.3, 0.4) is 0 Å². The van der Waals surface area contributed by atoms with Crippen molar-refractivity contribution in [2.24, 2.45) is 0 Å². The lowest BCUT2D eigenvalue weighted by atomic mass is 10.1. The van der Waals surface area contributed by atoms with E-state index in [9.17, 15) is 14.4 Å². The third-order valence-corrected chi connectivity index (χ3v) is 6.07. The van der Waals surface area contributed by atoms with Crippen molar-refractivity contribution >= 4 is 46.8 Å². The van der Waals surface area contributed by atoms with Crippen molar-refractivity contribution in [3.63, 3.8) is 0 Å². The monoisotopic (exact) mass is 492 g/mol. The number of amides is 2. The molecule has 6 heteroatoms. The molecule has 0 saturated carbocycles. The molecule has 0 aliphatic heterocycles. The van der Waals surface area contributed by atoms with Gasteiger partial charge in [0.15, 0.2) is 5.78 Å². The maximum Gasteiger partial charge on any atom is 0.272 e. The van der Waals surface area contributed by atoms with Crippen LogP contribution in [0.25, 0.3) is 12.2 Å². The summed E-state index contributed by atoms with van der Waals surface area (Å²) < 4.78 is 0. The predicted molar refractivity (Wildman–Crippen MR) is 146 cm³/mol. The summed E-state index contributed by atoms with van der Waals surface area (Å²) in [6.07, 6.45) is 4.94.